The van der Waals surface area contributed by atoms with E-state index in [4.69, 9.17) is 5.10 Å². The lowest BCUT2D eigenvalue weighted by molar-refractivity contribution is 0.678. The van der Waals surface area contributed by atoms with E-state index >= 15 is 0 Å². The van der Waals surface area contributed by atoms with E-state index in [-0.39, 0.29) is 0 Å². The molecule has 0 aromatic carbocycles. The van der Waals surface area contributed by atoms with Crippen LogP contribution in [0, 0.1) is 13.8 Å². The van der Waals surface area contributed by atoms with Crippen molar-refractivity contribution < 1.29 is 0 Å². The van der Waals surface area contributed by atoms with Crippen LogP contribution < -0.4 is 5.32 Å². The molecule has 1 aliphatic carbocycles. The van der Waals surface area contributed by atoms with Crippen molar-refractivity contribution in [3.63, 3.8) is 0 Å². The molecule has 1 aliphatic rings. The van der Waals surface area contributed by atoms with Gasteiger partial charge in [0.15, 0.2) is 0 Å². The first-order valence-electron chi connectivity index (χ1n) is 7.42. The zero-order valence-corrected chi connectivity index (χ0v) is 12.5. The Bertz CT molecular complexity index is 611. The molecule has 1 N–H and O–H groups in total. The van der Waals surface area contributed by atoms with Gasteiger partial charge >= 0.3 is 0 Å². The fourth-order valence-corrected chi connectivity index (χ4v) is 2.72. The highest BCUT2D eigenvalue weighted by molar-refractivity contribution is 5.41. The van der Waals surface area contributed by atoms with Crippen LogP contribution in [0.15, 0.2) is 18.5 Å². The first kappa shape index (κ1) is 13.3. The van der Waals surface area contributed by atoms with E-state index in [1.54, 1.807) is 0 Å². The van der Waals surface area contributed by atoms with E-state index in [1.807, 2.05) is 17.1 Å². The molecule has 2 aromatic heterocycles. The van der Waals surface area contributed by atoms with Crippen molar-refractivity contribution in [2.75, 3.05) is 0 Å². The lowest BCUT2D eigenvalue weighted by atomic mass is 10.1. The number of rotatable bonds is 5. The molecular formula is C16H22N4. The monoisotopic (exact) mass is 270 g/mol. The number of aromatic nitrogens is 3. The number of aryl methyl sites for hydroxylation is 1. The van der Waals surface area contributed by atoms with Gasteiger partial charge in [-0.1, -0.05) is 6.92 Å². The van der Waals surface area contributed by atoms with Crippen LogP contribution in [-0.2, 0) is 13.0 Å². The number of nitrogens with one attached hydrogen (secondary N) is 1. The summed E-state index contributed by atoms with van der Waals surface area (Å²) >= 11 is 0. The van der Waals surface area contributed by atoms with Crippen LogP contribution in [-0.4, -0.2) is 20.8 Å². The van der Waals surface area contributed by atoms with Crippen molar-refractivity contribution in [3.8, 4) is 5.69 Å². The maximum atomic E-state index is 4.70. The van der Waals surface area contributed by atoms with Crippen LogP contribution in [0.4, 0.5) is 0 Å². The zero-order valence-electron chi connectivity index (χ0n) is 12.5. The topological polar surface area (TPSA) is 42.7 Å². The van der Waals surface area contributed by atoms with Gasteiger partial charge in [-0.3, -0.25) is 4.98 Å². The molecule has 20 heavy (non-hydrogen) atoms. The third-order valence-electron chi connectivity index (χ3n) is 4.07. The van der Waals surface area contributed by atoms with E-state index in [2.05, 4.69) is 37.1 Å². The van der Waals surface area contributed by atoms with Gasteiger partial charge in [-0.2, -0.15) is 5.10 Å². The van der Waals surface area contributed by atoms with Gasteiger partial charge in [0.25, 0.3) is 0 Å². The summed E-state index contributed by atoms with van der Waals surface area (Å²) in [6.07, 6.45) is 7.41. The highest BCUT2D eigenvalue weighted by Gasteiger charge is 2.21. The van der Waals surface area contributed by atoms with Gasteiger partial charge in [-0.05, 0) is 50.3 Å². The van der Waals surface area contributed by atoms with Crippen molar-refractivity contribution in [2.45, 2.75) is 52.6 Å². The van der Waals surface area contributed by atoms with E-state index in [9.17, 15) is 0 Å². The summed E-state index contributed by atoms with van der Waals surface area (Å²) in [4.78, 5) is 4.28. The van der Waals surface area contributed by atoms with E-state index in [1.165, 1.54) is 29.7 Å². The second kappa shape index (κ2) is 5.37. The predicted molar refractivity (Wildman–Crippen MR) is 80.1 cm³/mol. The first-order valence-corrected chi connectivity index (χ1v) is 7.42. The van der Waals surface area contributed by atoms with Gasteiger partial charge in [0, 0.05) is 24.5 Å². The third kappa shape index (κ3) is 2.48. The van der Waals surface area contributed by atoms with Crippen molar-refractivity contribution in [1.29, 1.82) is 0 Å². The largest absolute Gasteiger partial charge is 0.310 e. The molecule has 0 unspecified atom stereocenters. The van der Waals surface area contributed by atoms with Gasteiger partial charge < -0.3 is 5.32 Å². The maximum absolute atomic E-state index is 4.70. The minimum Gasteiger partial charge on any atom is -0.310 e. The summed E-state index contributed by atoms with van der Waals surface area (Å²) in [7, 11) is 0. The van der Waals surface area contributed by atoms with E-state index in [0.29, 0.717) is 6.04 Å². The minimum atomic E-state index is 0.711. The Morgan fingerprint density at radius 2 is 2.15 bits per heavy atom. The molecule has 0 amide bonds. The quantitative estimate of drug-likeness (QED) is 0.908. The number of hydrogen-bond donors (Lipinski definition) is 1. The summed E-state index contributed by atoms with van der Waals surface area (Å²) in [5.41, 5.74) is 6.05. The van der Waals surface area contributed by atoms with Crippen molar-refractivity contribution in [1.82, 2.24) is 20.1 Å². The Kier molecular flexibility index (Phi) is 3.57. The number of hydrogen-bond acceptors (Lipinski definition) is 3. The fourth-order valence-electron chi connectivity index (χ4n) is 2.72. The zero-order chi connectivity index (χ0) is 14.1. The SMILES string of the molecule is CCc1c(C)nn(-c2cnccc2CNC2CC2)c1C. The maximum Gasteiger partial charge on any atom is 0.0876 e. The smallest absolute Gasteiger partial charge is 0.0876 e. The minimum absolute atomic E-state index is 0.711. The average molecular weight is 270 g/mol. The molecule has 2 heterocycles. The second-order valence-corrected chi connectivity index (χ2v) is 5.57. The Hall–Kier alpha value is -1.68. The number of pyridine rings is 1. The highest BCUT2D eigenvalue weighted by atomic mass is 15.3. The summed E-state index contributed by atoms with van der Waals surface area (Å²) in [6.45, 7) is 7.30. The molecule has 0 spiro atoms. The molecule has 106 valence electrons. The Morgan fingerprint density at radius 3 is 2.80 bits per heavy atom. The Labute approximate surface area is 120 Å². The molecule has 1 fully saturated rings. The predicted octanol–water partition coefficient (Wildman–Crippen LogP) is 2.70. The van der Waals surface area contributed by atoms with Gasteiger partial charge in [-0.25, -0.2) is 4.68 Å². The summed E-state index contributed by atoms with van der Waals surface area (Å²) in [5.74, 6) is 0. The first-order chi connectivity index (χ1) is 9.70. The molecule has 0 saturated heterocycles. The molecule has 3 rings (SSSR count). The molecular weight excluding hydrogens is 248 g/mol. The fraction of sp³-hybridized carbons (Fsp3) is 0.500. The van der Waals surface area contributed by atoms with Gasteiger partial charge in [0.1, 0.15) is 0 Å². The molecule has 4 heteroatoms. The Balaban J connectivity index is 1.96. The highest BCUT2D eigenvalue weighted by Crippen LogP contribution is 2.23. The molecule has 2 aromatic rings. The van der Waals surface area contributed by atoms with Crippen LogP contribution in [0.1, 0.15) is 42.3 Å². The van der Waals surface area contributed by atoms with E-state index < -0.39 is 0 Å². The van der Waals surface area contributed by atoms with Gasteiger partial charge in [-0.15, -0.1) is 0 Å². The number of nitrogens with zero attached hydrogens (tertiary/aromatic N) is 3. The molecule has 1 saturated carbocycles. The molecule has 0 atom stereocenters. The van der Waals surface area contributed by atoms with Crippen LogP contribution in [0.5, 0.6) is 0 Å². The summed E-state index contributed by atoms with van der Waals surface area (Å²) in [6, 6.07) is 2.80. The molecule has 0 radical (unpaired) electrons. The van der Waals surface area contributed by atoms with Crippen LogP contribution in [0.3, 0.4) is 0 Å². The summed E-state index contributed by atoms with van der Waals surface area (Å²) < 4.78 is 2.05. The molecule has 0 aliphatic heterocycles. The van der Waals surface area contributed by atoms with E-state index in [0.717, 1.165) is 24.3 Å². The van der Waals surface area contributed by atoms with Crippen molar-refractivity contribution >= 4 is 0 Å². The molecule has 0 bridgehead atoms. The van der Waals surface area contributed by atoms with Gasteiger partial charge in [0.2, 0.25) is 0 Å². The third-order valence-corrected chi connectivity index (χ3v) is 4.07. The lowest BCUT2D eigenvalue weighted by Crippen LogP contribution is -2.17. The lowest BCUT2D eigenvalue weighted by Gasteiger charge is -2.11. The van der Waals surface area contributed by atoms with Gasteiger partial charge in [0.05, 0.1) is 17.6 Å². The van der Waals surface area contributed by atoms with Crippen LogP contribution in [0.2, 0.25) is 0 Å². The van der Waals surface area contributed by atoms with Crippen molar-refractivity contribution in [2.24, 2.45) is 0 Å². The second-order valence-electron chi connectivity index (χ2n) is 5.57. The van der Waals surface area contributed by atoms with Crippen LogP contribution >= 0.6 is 0 Å². The van der Waals surface area contributed by atoms with Crippen molar-refractivity contribution in [3.05, 3.63) is 41.0 Å². The Morgan fingerprint density at radius 1 is 1.35 bits per heavy atom. The normalized spacial score (nSPS) is 14.8. The summed E-state index contributed by atoms with van der Waals surface area (Å²) in [5, 5.41) is 8.27. The standard InChI is InChI=1S/C16H22N4/c1-4-15-11(2)19-20(12(15)3)16-10-17-8-7-13(16)9-18-14-5-6-14/h7-8,10,14,18H,4-6,9H2,1-3H3. The molecule has 4 nitrogen and oxygen atoms in total. The average Bonchev–Trinajstić information content (AvgIpc) is 3.23. The van der Waals surface area contributed by atoms with Crippen LogP contribution in [0.25, 0.3) is 5.69 Å².